The van der Waals surface area contributed by atoms with Crippen molar-refractivity contribution in [1.82, 2.24) is 5.32 Å². The summed E-state index contributed by atoms with van der Waals surface area (Å²) in [7, 11) is 1.82. The SMILES string of the molecule is CNCCN(C(C)=O)c1ccc(N=C(c2ccc(CC(=O)O)cc2)C2C(=O)Nc3cc(F)ccc32)cc1. The highest BCUT2D eigenvalue weighted by Gasteiger charge is 2.35. The summed E-state index contributed by atoms with van der Waals surface area (Å²) in [6.07, 6.45) is -0.125. The third-order valence-electron chi connectivity index (χ3n) is 6.10. The minimum atomic E-state index is -0.942. The summed E-state index contributed by atoms with van der Waals surface area (Å²) in [4.78, 5) is 42.7. The van der Waals surface area contributed by atoms with E-state index in [1.807, 2.05) is 7.05 Å². The van der Waals surface area contributed by atoms with E-state index in [0.29, 0.717) is 46.9 Å². The number of aliphatic imine (C=N–C) groups is 1. The molecule has 9 heteroatoms. The van der Waals surface area contributed by atoms with Gasteiger partial charge in [-0.25, -0.2) is 4.39 Å². The molecular weight excluding hydrogens is 475 g/mol. The maximum atomic E-state index is 13.8. The molecule has 37 heavy (non-hydrogen) atoms. The lowest BCUT2D eigenvalue weighted by Crippen LogP contribution is -2.34. The number of rotatable bonds is 9. The molecule has 0 saturated carbocycles. The fourth-order valence-electron chi connectivity index (χ4n) is 4.31. The molecule has 1 aliphatic heterocycles. The Balaban J connectivity index is 1.75. The van der Waals surface area contributed by atoms with Crippen molar-refractivity contribution in [3.05, 3.63) is 89.2 Å². The largest absolute Gasteiger partial charge is 0.481 e. The van der Waals surface area contributed by atoms with Crippen molar-refractivity contribution in [2.75, 3.05) is 30.4 Å². The third kappa shape index (κ3) is 5.90. The summed E-state index contributed by atoms with van der Waals surface area (Å²) >= 11 is 0. The van der Waals surface area contributed by atoms with Crippen molar-refractivity contribution in [3.63, 3.8) is 0 Å². The van der Waals surface area contributed by atoms with Gasteiger partial charge in [0, 0.05) is 31.4 Å². The number of nitrogens with zero attached hydrogens (tertiary/aromatic N) is 2. The summed E-state index contributed by atoms with van der Waals surface area (Å²) in [5, 5.41) is 14.8. The second-order valence-corrected chi connectivity index (χ2v) is 8.71. The number of carboxylic acids is 1. The van der Waals surface area contributed by atoms with Crippen molar-refractivity contribution in [2.24, 2.45) is 4.99 Å². The Morgan fingerprint density at radius 1 is 1.08 bits per heavy atom. The fourth-order valence-corrected chi connectivity index (χ4v) is 4.31. The number of benzene rings is 3. The van der Waals surface area contributed by atoms with Crippen LogP contribution in [0.4, 0.5) is 21.5 Å². The number of halogens is 1. The van der Waals surface area contributed by atoms with E-state index in [4.69, 9.17) is 10.1 Å². The number of hydrogen-bond acceptors (Lipinski definition) is 5. The van der Waals surface area contributed by atoms with Gasteiger partial charge < -0.3 is 20.6 Å². The van der Waals surface area contributed by atoms with Gasteiger partial charge in [-0.3, -0.25) is 19.4 Å². The number of nitrogens with one attached hydrogen (secondary N) is 2. The van der Waals surface area contributed by atoms with Crippen LogP contribution in [0.3, 0.4) is 0 Å². The van der Waals surface area contributed by atoms with Crippen molar-refractivity contribution in [2.45, 2.75) is 19.3 Å². The van der Waals surface area contributed by atoms with Gasteiger partial charge in [0.2, 0.25) is 11.8 Å². The van der Waals surface area contributed by atoms with E-state index < -0.39 is 17.7 Å². The molecule has 0 aliphatic carbocycles. The number of fused-ring (bicyclic) bond motifs is 1. The lowest BCUT2D eigenvalue weighted by atomic mass is 9.90. The van der Waals surface area contributed by atoms with Gasteiger partial charge in [0.25, 0.3) is 0 Å². The molecular formula is C28H27FN4O4. The maximum absolute atomic E-state index is 13.8. The van der Waals surface area contributed by atoms with E-state index in [-0.39, 0.29) is 18.2 Å². The molecule has 0 radical (unpaired) electrons. The lowest BCUT2D eigenvalue weighted by molar-refractivity contribution is -0.136. The minimum absolute atomic E-state index is 0.0832. The number of carbonyl (C=O) groups is 3. The highest BCUT2D eigenvalue weighted by Crippen LogP contribution is 2.37. The molecule has 0 fully saturated rings. The van der Waals surface area contributed by atoms with Gasteiger partial charge in [0.1, 0.15) is 11.7 Å². The predicted molar refractivity (Wildman–Crippen MR) is 140 cm³/mol. The van der Waals surface area contributed by atoms with Crippen molar-refractivity contribution < 1.29 is 23.9 Å². The van der Waals surface area contributed by atoms with Crippen LogP contribution < -0.4 is 15.5 Å². The molecule has 1 heterocycles. The zero-order chi connectivity index (χ0) is 26.5. The molecule has 190 valence electrons. The van der Waals surface area contributed by atoms with Crippen molar-refractivity contribution in [3.8, 4) is 0 Å². The van der Waals surface area contributed by atoms with Crippen LogP contribution in [0.2, 0.25) is 0 Å². The summed E-state index contributed by atoms with van der Waals surface area (Å²) in [5.41, 5.74) is 3.97. The Hall–Kier alpha value is -4.37. The van der Waals surface area contributed by atoms with Gasteiger partial charge in [-0.1, -0.05) is 30.3 Å². The zero-order valence-electron chi connectivity index (χ0n) is 20.5. The Morgan fingerprint density at radius 2 is 1.78 bits per heavy atom. The molecule has 2 amide bonds. The first kappa shape index (κ1) is 25.7. The van der Waals surface area contributed by atoms with E-state index in [9.17, 15) is 18.8 Å². The average molecular weight is 503 g/mol. The second-order valence-electron chi connectivity index (χ2n) is 8.71. The molecule has 0 bridgehead atoms. The average Bonchev–Trinajstić information content (AvgIpc) is 3.18. The van der Waals surface area contributed by atoms with E-state index in [0.717, 1.165) is 5.69 Å². The van der Waals surface area contributed by atoms with Crippen molar-refractivity contribution in [1.29, 1.82) is 0 Å². The van der Waals surface area contributed by atoms with E-state index in [1.165, 1.54) is 19.1 Å². The highest BCUT2D eigenvalue weighted by atomic mass is 19.1. The predicted octanol–water partition coefficient (Wildman–Crippen LogP) is 3.88. The van der Waals surface area contributed by atoms with Gasteiger partial charge in [0.15, 0.2) is 0 Å². The minimum Gasteiger partial charge on any atom is -0.481 e. The van der Waals surface area contributed by atoms with Crippen LogP contribution in [0.5, 0.6) is 0 Å². The summed E-state index contributed by atoms with van der Waals surface area (Å²) in [5.74, 6) is -2.60. The number of carbonyl (C=O) groups excluding carboxylic acids is 2. The summed E-state index contributed by atoms with van der Waals surface area (Å²) < 4.78 is 13.8. The van der Waals surface area contributed by atoms with Gasteiger partial charge in [-0.15, -0.1) is 0 Å². The van der Waals surface area contributed by atoms with Crippen LogP contribution in [0, 0.1) is 5.82 Å². The van der Waals surface area contributed by atoms with Gasteiger partial charge in [-0.05, 0) is 60.1 Å². The Bertz CT molecular complexity index is 1350. The molecule has 4 rings (SSSR count). The van der Waals surface area contributed by atoms with Gasteiger partial charge in [-0.2, -0.15) is 0 Å². The molecule has 1 atom stereocenters. The molecule has 3 aromatic carbocycles. The van der Waals surface area contributed by atoms with Gasteiger partial charge in [0.05, 0.1) is 17.8 Å². The number of amides is 2. The Labute approximate surface area is 213 Å². The van der Waals surface area contributed by atoms with Crippen LogP contribution in [-0.2, 0) is 20.8 Å². The number of likely N-dealkylation sites (N-methyl/N-ethyl adjacent to an activating group) is 1. The Kier molecular flexibility index (Phi) is 7.74. The van der Waals surface area contributed by atoms with Crippen molar-refractivity contribution >= 4 is 40.6 Å². The van der Waals surface area contributed by atoms with Crippen LogP contribution in [0.25, 0.3) is 0 Å². The molecule has 3 aromatic rings. The van der Waals surface area contributed by atoms with E-state index in [1.54, 1.807) is 59.5 Å². The van der Waals surface area contributed by atoms with Gasteiger partial charge >= 0.3 is 5.97 Å². The van der Waals surface area contributed by atoms with Crippen LogP contribution in [0.15, 0.2) is 71.7 Å². The number of anilines is 2. The standard InChI is InChI=1S/C28H27FN4O4/c1-17(34)33(14-13-30-2)22-10-8-21(9-11-22)31-27(19-5-3-18(4-6-19)15-25(35)36)26-23-12-7-20(29)16-24(23)32-28(26)37/h3-12,16,26,30H,13-15H2,1-2H3,(H,32,37)(H,35,36). The second kappa shape index (κ2) is 11.1. The third-order valence-corrected chi connectivity index (χ3v) is 6.10. The summed E-state index contributed by atoms with van der Waals surface area (Å²) in [6, 6.07) is 18.1. The molecule has 8 nitrogen and oxygen atoms in total. The fraction of sp³-hybridized carbons (Fsp3) is 0.214. The number of hydrogen-bond donors (Lipinski definition) is 3. The monoisotopic (exact) mass is 502 g/mol. The maximum Gasteiger partial charge on any atom is 0.307 e. The summed E-state index contributed by atoms with van der Waals surface area (Å²) in [6.45, 7) is 2.66. The molecule has 0 saturated heterocycles. The van der Waals surface area contributed by atoms with Crippen LogP contribution in [-0.4, -0.2) is 48.7 Å². The molecule has 1 aliphatic rings. The first-order valence-electron chi connectivity index (χ1n) is 11.8. The topological polar surface area (TPSA) is 111 Å². The number of carboxylic acid groups (broad SMARTS) is 1. The normalized spacial score (nSPS) is 14.7. The van der Waals surface area contributed by atoms with E-state index in [2.05, 4.69) is 10.6 Å². The quantitative estimate of drug-likeness (QED) is 0.385. The van der Waals surface area contributed by atoms with Crippen LogP contribution in [0.1, 0.15) is 29.5 Å². The lowest BCUT2D eigenvalue weighted by Gasteiger charge is -2.21. The number of aliphatic carboxylic acids is 1. The molecule has 1 unspecified atom stereocenters. The zero-order valence-corrected chi connectivity index (χ0v) is 20.5. The first-order chi connectivity index (χ1) is 17.8. The highest BCUT2D eigenvalue weighted by molar-refractivity contribution is 6.24. The Morgan fingerprint density at radius 3 is 2.41 bits per heavy atom. The van der Waals surface area contributed by atoms with Crippen LogP contribution >= 0.6 is 0 Å². The first-order valence-corrected chi connectivity index (χ1v) is 11.8. The molecule has 0 spiro atoms. The van der Waals surface area contributed by atoms with E-state index >= 15 is 0 Å². The molecule has 3 N–H and O–H groups in total. The molecule has 0 aromatic heterocycles. The smallest absolute Gasteiger partial charge is 0.307 e.